The monoisotopic (exact) mass is 516 g/mol. The molecule has 0 spiro atoms. The number of nitrogens with zero attached hydrogens (tertiary/aromatic N) is 4. The van der Waals surface area contributed by atoms with Crippen molar-refractivity contribution in [2.45, 2.75) is 64.8 Å². The summed E-state index contributed by atoms with van der Waals surface area (Å²) in [5.41, 5.74) is 2.53. The fourth-order valence-electron chi connectivity index (χ4n) is 4.70. The molecule has 8 nitrogen and oxygen atoms in total. The number of hydrogen-bond acceptors (Lipinski definition) is 5. The molecule has 1 aliphatic rings. The number of hydrogen-bond donors (Lipinski definition) is 1. The molecular weight excluding hydrogens is 480 g/mol. The average Bonchev–Trinajstić information content (AvgIpc) is 3.13. The number of piperidine rings is 1. The van der Waals surface area contributed by atoms with Gasteiger partial charge in [-0.1, -0.05) is 27.7 Å². The molecule has 1 unspecified atom stereocenters. The molecule has 11 heteroatoms. The zero-order valence-electron chi connectivity index (χ0n) is 21.9. The summed E-state index contributed by atoms with van der Waals surface area (Å²) in [5.74, 6) is -1.03. The number of halogens is 1. The van der Waals surface area contributed by atoms with E-state index in [1.165, 1.54) is 27.3 Å². The molecule has 1 aromatic heterocycles. The number of aromatic nitrogens is 2. The molecule has 0 saturated carbocycles. The Hall–Kier alpha value is -1.46. The summed E-state index contributed by atoms with van der Waals surface area (Å²) < 4.78 is 46.4. The third-order valence-corrected chi connectivity index (χ3v) is 7.76. The number of benzene rings is 1. The van der Waals surface area contributed by atoms with Gasteiger partial charge >= 0.3 is 10.2 Å². The summed E-state index contributed by atoms with van der Waals surface area (Å²) in [6.07, 6.45) is 4.51. The summed E-state index contributed by atoms with van der Waals surface area (Å²) in [4.78, 5) is 15.2. The van der Waals surface area contributed by atoms with Crippen LogP contribution in [0.2, 0.25) is 0 Å². The van der Waals surface area contributed by atoms with Gasteiger partial charge < -0.3 is 4.90 Å². The molecule has 2 heterocycles. The van der Waals surface area contributed by atoms with Gasteiger partial charge in [0.25, 0.3) is 0 Å². The molecule has 3 rings (SSSR count). The van der Waals surface area contributed by atoms with Gasteiger partial charge in [-0.3, -0.25) is 9.48 Å². The number of rotatable bonds is 8. The first-order valence-corrected chi connectivity index (χ1v) is 13.2. The molecule has 1 radical (unpaired) electrons. The van der Waals surface area contributed by atoms with E-state index in [4.69, 9.17) is 0 Å². The summed E-state index contributed by atoms with van der Waals surface area (Å²) >= 11 is 0. The molecule has 1 N–H and O–H groups in total. The summed E-state index contributed by atoms with van der Waals surface area (Å²) in [7, 11) is -0.529. The Balaban J connectivity index is 0.00000432. The van der Waals surface area contributed by atoms with E-state index in [1.807, 2.05) is 34.7 Å². The second kappa shape index (κ2) is 12.2. The van der Waals surface area contributed by atoms with Crippen molar-refractivity contribution in [1.29, 1.82) is 0 Å². The Kier molecular flexibility index (Phi) is 10.4. The second-order valence-corrected chi connectivity index (χ2v) is 11.4. The van der Waals surface area contributed by atoms with E-state index in [-0.39, 0.29) is 59.7 Å². The predicted octanol–water partition coefficient (Wildman–Crippen LogP) is 2.93. The Morgan fingerprint density at radius 3 is 2.29 bits per heavy atom. The van der Waals surface area contributed by atoms with Gasteiger partial charge in [0.05, 0.1) is 24.3 Å². The Morgan fingerprint density at radius 2 is 1.80 bits per heavy atom. The third-order valence-electron chi connectivity index (χ3n) is 6.24. The minimum absolute atomic E-state index is 0. The van der Waals surface area contributed by atoms with E-state index in [2.05, 4.69) is 14.7 Å². The molecular formula is C24H36FN5NaO3S. The largest absolute Gasteiger partial charge is 0.326 e. The maximum absolute atomic E-state index is 14.3. The molecule has 1 fully saturated rings. The number of likely N-dealkylation sites (tertiary alicyclic amines) is 1. The number of anilines is 1. The van der Waals surface area contributed by atoms with Crippen molar-refractivity contribution in [3.63, 3.8) is 0 Å². The molecule has 189 valence electrons. The first-order chi connectivity index (χ1) is 15.9. The standard InChI is InChI=1S/C24H36FN5O3S.Na/c1-16(2)21-10-18(25)11-22(17(3)4)23(21)12-24(31)27-34(32,33)30(20-13-26-29(6)15-20)19-8-7-9-28(5)14-19;/h10-11,13,15-17,19H,7-9,12,14H2,1-6H3,(H,27,31);. The van der Waals surface area contributed by atoms with Crippen LogP contribution in [0.4, 0.5) is 10.1 Å². The molecule has 0 bridgehead atoms. The zero-order valence-corrected chi connectivity index (χ0v) is 24.7. The number of carbonyl (C=O) groups excluding carboxylic acids is 1. The van der Waals surface area contributed by atoms with Crippen molar-refractivity contribution in [3.05, 3.63) is 47.0 Å². The van der Waals surface area contributed by atoms with Crippen LogP contribution in [0.25, 0.3) is 0 Å². The first kappa shape index (κ1) is 29.8. The van der Waals surface area contributed by atoms with E-state index >= 15 is 0 Å². The van der Waals surface area contributed by atoms with E-state index in [9.17, 15) is 17.6 Å². The SMILES string of the molecule is CC(C)c1cc(F)cc(C(C)C)c1CC(=O)NS(=O)(=O)N(c1cnn(C)c1)C1CCCN(C)C1.[Na]. The van der Waals surface area contributed by atoms with Crippen molar-refractivity contribution >= 4 is 51.4 Å². The van der Waals surface area contributed by atoms with Crippen LogP contribution in [0.5, 0.6) is 0 Å². The van der Waals surface area contributed by atoms with Crippen molar-refractivity contribution in [2.75, 3.05) is 24.4 Å². The number of nitrogens with one attached hydrogen (secondary N) is 1. The molecule has 35 heavy (non-hydrogen) atoms. The van der Waals surface area contributed by atoms with Crippen molar-refractivity contribution in [2.24, 2.45) is 7.05 Å². The Morgan fingerprint density at radius 1 is 1.20 bits per heavy atom. The van der Waals surface area contributed by atoms with Crippen LogP contribution in [0.3, 0.4) is 0 Å². The third kappa shape index (κ3) is 7.29. The summed E-state index contributed by atoms with van der Waals surface area (Å²) in [5, 5.41) is 4.13. The van der Waals surface area contributed by atoms with E-state index < -0.39 is 16.1 Å². The number of amides is 1. The first-order valence-electron chi connectivity index (χ1n) is 11.7. The molecule has 1 amide bonds. The average molecular weight is 517 g/mol. The molecule has 1 atom stereocenters. The summed E-state index contributed by atoms with van der Waals surface area (Å²) in [6.45, 7) is 9.17. The molecule has 1 saturated heterocycles. The maximum atomic E-state index is 14.3. The maximum Gasteiger partial charge on any atom is 0.326 e. The summed E-state index contributed by atoms with van der Waals surface area (Å²) in [6, 6.07) is 2.55. The van der Waals surface area contributed by atoms with Gasteiger partial charge in [0, 0.05) is 49.3 Å². The molecule has 1 aliphatic heterocycles. The normalized spacial score (nSPS) is 16.9. The van der Waals surface area contributed by atoms with Gasteiger partial charge in [-0.05, 0) is 67.1 Å². The van der Waals surface area contributed by atoms with Gasteiger partial charge in [-0.15, -0.1) is 0 Å². The van der Waals surface area contributed by atoms with Crippen LogP contribution in [0.1, 0.15) is 69.1 Å². The van der Waals surface area contributed by atoms with E-state index in [1.54, 1.807) is 13.2 Å². The van der Waals surface area contributed by atoms with Crippen molar-refractivity contribution in [3.8, 4) is 0 Å². The van der Waals surface area contributed by atoms with Crippen LogP contribution < -0.4 is 9.03 Å². The van der Waals surface area contributed by atoms with Crippen molar-refractivity contribution < 1.29 is 17.6 Å². The second-order valence-electron chi connectivity index (χ2n) is 9.81. The molecule has 2 aromatic rings. The number of carbonyl (C=O) groups is 1. The Labute approximate surface area is 230 Å². The van der Waals surface area contributed by atoms with Crippen LogP contribution in [0.15, 0.2) is 24.5 Å². The minimum Gasteiger partial charge on any atom is -0.304 e. The topological polar surface area (TPSA) is 87.5 Å². The van der Waals surface area contributed by atoms with Gasteiger partial charge in [0.15, 0.2) is 0 Å². The quantitative estimate of drug-likeness (QED) is 0.545. The number of likely N-dealkylation sites (N-methyl/N-ethyl adjacent to an activating group) is 1. The van der Waals surface area contributed by atoms with Crippen LogP contribution in [-0.4, -0.2) is 84.7 Å². The van der Waals surface area contributed by atoms with Crippen LogP contribution in [-0.2, 0) is 28.5 Å². The van der Waals surface area contributed by atoms with Gasteiger partial charge in [-0.25, -0.2) is 13.4 Å². The fraction of sp³-hybridized carbons (Fsp3) is 0.583. The van der Waals surface area contributed by atoms with Crippen molar-refractivity contribution in [1.82, 2.24) is 19.4 Å². The van der Waals surface area contributed by atoms with E-state index in [0.717, 1.165) is 13.0 Å². The van der Waals surface area contributed by atoms with Gasteiger partial charge in [0.2, 0.25) is 5.91 Å². The molecule has 0 aliphatic carbocycles. The zero-order chi connectivity index (χ0) is 25.2. The predicted molar refractivity (Wildman–Crippen MR) is 137 cm³/mol. The van der Waals surface area contributed by atoms with E-state index in [0.29, 0.717) is 35.3 Å². The Bertz CT molecular complexity index is 1110. The van der Waals surface area contributed by atoms with Crippen LogP contribution in [0, 0.1) is 5.82 Å². The van der Waals surface area contributed by atoms with Gasteiger partial charge in [0.1, 0.15) is 5.82 Å². The van der Waals surface area contributed by atoms with Gasteiger partial charge in [-0.2, -0.15) is 13.5 Å². The smallest absolute Gasteiger partial charge is 0.304 e. The van der Waals surface area contributed by atoms with Crippen LogP contribution >= 0.6 is 0 Å². The minimum atomic E-state index is -4.20. The molecule has 1 aromatic carbocycles. The number of aryl methyl sites for hydroxylation is 1. The fourth-order valence-corrected chi connectivity index (χ4v) is 6.10.